The molecule has 20 heavy (non-hydrogen) atoms. The van der Waals surface area contributed by atoms with E-state index in [2.05, 4.69) is 26.1 Å². The molecule has 0 radical (unpaired) electrons. The summed E-state index contributed by atoms with van der Waals surface area (Å²) in [4.78, 5) is 10.6. The molecule has 0 atom stereocenters. The van der Waals surface area contributed by atoms with Crippen molar-refractivity contribution in [2.24, 2.45) is 0 Å². The lowest BCUT2D eigenvalue weighted by Crippen LogP contribution is -2.21. The second kappa shape index (κ2) is 8.81. The van der Waals surface area contributed by atoms with Crippen LogP contribution in [0, 0.1) is 10.1 Å². The molecule has 1 aromatic carbocycles. The predicted molar refractivity (Wildman–Crippen MR) is 83.6 cm³/mol. The number of nitrogens with zero attached hydrogens (tertiary/aromatic N) is 1. The van der Waals surface area contributed by atoms with Crippen LogP contribution in [0.4, 0.5) is 5.69 Å². The first-order chi connectivity index (χ1) is 9.54. The Kier molecular flexibility index (Phi) is 7.40. The normalized spacial score (nSPS) is 10.8. The van der Waals surface area contributed by atoms with Crippen LogP contribution < -0.4 is 10.1 Å². The zero-order valence-corrected chi connectivity index (χ0v) is 13.0. The Balaban J connectivity index is 2.74. The molecule has 0 saturated carbocycles. The lowest BCUT2D eigenvalue weighted by Gasteiger charge is -2.11. The van der Waals surface area contributed by atoms with Gasteiger partial charge >= 0.3 is 5.69 Å². The van der Waals surface area contributed by atoms with E-state index in [0.717, 1.165) is 17.1 Å². The summed E-state index contributed by atoms with van der Waals surface area (Å²) in [5.41, 5.74) is 1.02. The first-order valence-corrected chi connectivity index (χ1v) is 7.91. The van der Waals surface area contributed by atoms with E-state index in [1.165, 1.54) is 6.07 Å². The summed E-state index contributed by atoms with van der Waals surface area (Å²) in [6.45, 7) is 7.36. The number of thioether (sulfide) groups is 1. The van der Waals surface area contributed by atoms with Crippen molar-refractivity contribution in [3.8, 4) is 5.75 Å². The summed E-state index contributed by atoms with van der Waals surface area (Å²) in [5.74, 6) is 2.21. The number of ether oxygens (including phenoxy) is 1. The fourth-order valence-electron chi connectivity index (χ4n) is 1.61. The van der Waals surface area contributed by atoms with Crippen molar-refractivity contribution < 1.29 is 9.66 Å². The van der Waals surface area contributed by atoms with E-state index in [9.17, 15) is 10.1 Å². The van der Waals surface area contributed by atoms with Crippen LogP contribution in [-0.4, -0.2) is 29.1 Å². The van der Waals surface area contributed by atoms with Crippen LogP contribution in [0.25, 0.3) is 0 Å². The van der Waals surface area contributed by atoms with E-state index < -0.39 is 4.92 Å². The maximum Gasteiger partial charge on any atom is 0.310 e. The Hall–Kier alpha value is -1.27. The highest BCUT2D eigenvalue weighted by Gasteiger charge is 2.15. The molecule has 0 heterocycles. The van der Waals surface area contributed by atoms with Gasteiger partial charge in [-0.25, -0.2) is 0 Å². The second-order valence-corrected chi connectivity index (χ2v) is 6.03. The highest BCUT2D eigenvalue weighted by molar-refractivity contribution is 7.99. The first kappa shape index (κ1) is 16.8. The molecule has 0 saturated heterocycles. The van der Waals surface area contributed by atoms with Gasteiger partial charge < -0.3 is 10.1 Å². The molecule has 0 aliphatic carbocycles. The molecule has 0 spiro atoms. The zero-order valence-electron chi connectivity index (χ0n) is 12.2. The highest BCUT2D eigenvalue weighted by atomic mass is 32.2. The van der Waals surface area contributed by atoms with E-state index in [4.69, 9.17) is 4.74 Å². The minimum Gasteiger partial charge on any atom is -0.486 e. The van der Waals surface area contributed by atoms with Gasteiger partial charge in [0.15, 0.2) is 5.75 Å². The van der Waals surface area contributed by atoms with Crippen molar-refractivity contribution in [3.63, 3.8) is 0 Å². The van der Waals surface area contributed by atoms with Crippen molar-refractivity contribution in [3.05, 3.63) is 33.9 Å². The number of benzene rings is 1. The molecule has 0 bridgehead atoms. The zero-order chi connectivity index (χ0) is 15.0. The molecular weight excluding hydrogens is 276 g/mol. The molecule has 0 aromatic heterocycles. The molecule has 6 heteroatoms. The third-order valence-electron chi connectivity index (χ3n) is 2.62. The van der Waals surface area contributed by atoms with Gasteiger partial charge in [0.25, 0.3) is 0 Å². The van der Waals surface area contributed by atoms with Crippen LogP contribution in [0.2, 0.25) is 0 Å². The highest BCUT2D eigenvalue weighted by Crippen LogP contribution is 2.28. The number of hydrogen-bond donors (Lipinski definition) is 1. The Morgan fingerprint density at radius 1 is 1.45 bits per heavy atom. The molecule has 112 valence electrons. The standard InChI is InChI=1S/C14H22N2O3S/c1-4-20-8-7-19-14-9-12(10-15-11(2)3)5-6-13(14)16(17)18/h5-6,9,11,15H,4,7-8,10H2,1-3H3. The molecule has 1 aromatic rings. The minimum absolute atomic E-state index is 0.0276. The van der Waals surface area contributed by atoms with Crippen molar-refractivity contribution >= 4 is 17.4 Å². The quantitative estimate of drug-likeness (QED) is 0.431. The Morgan fingerprint density at radius 2 is 2.20 bits per heavy atom. The van der Waals surface area contributed by atoms with Crippen LogP contribution in [0.15, 0.2) is 18.2 Å². The van der Waals surface area contributed by atoms with E-state index in [1.54, 1.807) is 23.9 Å². The molecule has 0 fully saturated rings. The summed E-state index contributed by atoms with van der Waals surface area (Å²) < 4.78 is 5.56. The molecule has 0 aliphatic rings. The third kappa shape index (κ3) is 5.79. The van der Waals surface area contributed by atoms with Gasteiger partial charge in [-0.15, -0.1) is 0 Å². The van der Waals surface area contributed by atoms with Gasteiger partial charge in [-0.2, -0.15) is 11.8 Å². The fourth-order valence-corrected chi connectivity index (χ4v) is 2.10. The van der Waals surface area contributed by atoms with Gasteiger partial charge in [0.1, 0.15) is 0 Å². The predicted octanol–water partition coefficient (Wildman–Crippen LogP) is 3.22. The van der Waals surface area contributed by atoms with Gasteiger partial charge in [0.2, 0.25) is 0 Å². The van der Waals surface area contributed by atoms with Crippen LogP contribution in [0.5, 0.6) is 5.75 Å². The summed E-state index contributed by atoms with van der Waals surface area (Å²) in [5, 5.41) is 14.3. The third-order valence-corrected chi connectivity index (χ3v) is 3.49. The molecule has 0 amide bonds. The number of nitro groups is 1. The Morgan fingerprint density at radius 3 is 2.80 bits per heavy atom. The number of hydrogen-bond acceptors (Lipinski definition) is 5. The number of nitro benzene ring substituents is 1. The number of rotatable bonds is 9. The lowest BCUT2D eigenvalue weighted by atomic mass is 10.2. The SMILES string of the molecule is CCSCCOc1cc(CNC(C)C)ccc1[N+](=O)[O-]. The maximum absolute atomic E-state index is 11.0. The van der Waals surface area contributed by atoms with Crippen molar-refractivity contribution in [2.75, 3.05) is 18.1 Å². The monoisotopic (exact) mass is 298 g/mol. The second-order valence-electron chi connectivity index (χ2n) is 4.64. The largest absolute Gasteiger partial charge is 0.486 e. The van der Waals surface area contributed by atoms with Gasteiger partial charge in [0, 0.05) is 24.4 Å². The van der Waals surface area contributed by atoms with E-state index >= 15 is 0 Å². The molecule has 1 N–H and O–H groups in total. The first-order valence-electron chi connectivity index (χ1n) is 6.75. The van der Waals surface area contributed by atoms with Gasteiger partial charge in [0.05, 0.1) is 11.5 Å². The van der Waals surface area contributed by atoms with Crippen molar-refractivity contribution in [1.29, 1.82) is 0 Å². The van der Waals surface area contributed by atoms with Crippen LogP contribution in [0.3, 0.4) is 0 Å². The average molecular weight is 298 g/mol. The van der Waals surface area contributed by atoms with E-state index in [0.29, 0.717) is 24.9 Å². The maximum atomic E-state index is 11.0. The van der Waals surface area contributed by atoms with Gasteiger partial charge in [-0.3, -0.25) is 10.1 Å². The Bertz CT molecular complexity index is 438. The van der Waals surface area contributed by atoms with Crippen molar-refractivity contribution in [2.45, 2.75) is 33.4 Å². The molecule has 0 aliphatic heterocycles. The average Bonchev–Trinajstić information content (AvgIpc) is 2.41. The van der Waals surface area contributed by atoms with Gasteiger partial charge in [-0.1, -0.05) is 26.8 Å². The lowest BCUT2D eigenvalue weighted by molar-refractivity contribution is -0.385. The Labute approximate surface area is 124 Å². The number of nitrogens with one attached hydrogen (secondary N) is 1. The molecule has 0 unspecified atom stereocenters. The molecular formula is C14H22N2O3S. The molecule has 5 nitrogen and oxygen atoms in total. The summed E-state index contributed by atoms with van der Waals surface area (Å²) in [6, 6.07) is 5.40. The summed E-state index contributed by atoms with van der Waals surface area (Å²) in [7, 11) is 0. The topological polar surface area (TPSA) is 64.4 Å². The smallest absolute Gasteiger partial charge is 0.310 e. The van der Waals surface area contributed by atoms with Crippen molar-refractivity contribution in [1.82, 2.24) is 5.32 Å². The fraction of sp³-hybridized carbons (Fsp3) is 0.571. The van der Waals surface area contributed by atoms with E-state index in [-0.39, 0.29) is 5.69 Å². The minimum atomic E-state index is -0.401. The summed E-state index contributed by atoms with van der Waals surface area (Å²) in [6.07, 6.45) is 0. The van der Waals surface area contributed by atoms with Crippen LogP contribution >= 0.6 is 11.8 Å². The van der Waals surface area contributed by atoms with Crippen LogP contribution in [-0.2, 0) is 6.54 Å². The summed E-state index contributed by atoms with van der Waals surface area (Å²) >= 11 is 1.75. The van der Waals surface area contributed by atoms with Gasteiger partial charge in [-0.05, 0) is 17.4 Å². The van der Waals surface area contributed by atoms with E-state index in [1.807, 2.05) is 0 Å². The molecule has 1 rings (SSSR count). The van der Waals surface area contributed by atoms with Crippen LogP contribution in [0.1, 0.15) is 26.3 Å².